The van der Waals surface area contributed by atoms with Crippen LogP contribution in [0.2, 0.25) is 10.0 Å². The summed E-state index contributed by atoms with van der Waals surface area (Å²) in [6, 6.07) is 16.0. The highest BCUT2D eigenvalue weighted by Gasteiger charge is 2.18. The summed E-state index contributed by atoms with van der Waals surface area (Å²) in [6.07, 6.45) is -0.0499. The number of nitrogens with one attached hydrogen (secondary N) is 1. The summed E-state index contributed by atoms with van der Waals surface area (Å²) >= 11 is 12.6. The number of rotatable bonds is 8. The van der Waals surface area contributed by atoms with Gasteiger partial charge in [-0.05, 0) is 75.6 Å². The zero-order valence-electron chi connectivity index (χ0n) is 20.3. The van der Waals surface area contributed by atoms with Gasteiger partial charge in [-0.1, -0.05) is 47.5 Å². The Kier molecular flexibility index (Phi) is 8.65. The van der Waals surface area contributed by atoms with E-state index in [-0.39, 0.29) is 16.6 Å². The summed E-state index contributed by atoms with van der Waals surface area (Å²) < 4.78 is 6.97. The van der Waals surface area contributed by atoms with Crippen LogP contribution >= 0.6 is 23.2 Å². The monoisotopic (exact) mass is 516 g/mol. The van der Waals surface area contributed by atoms with Crippen LogP contribution in [0.1, 0.15) is 61.0 Å². The summed E-state index contributed by atoms with van der Waals surface area (Å²) in [5.74, 6) is -0.380. The molecule has 1 heterocycles. The summed E-state index contributed by atoms with van der Waals surface area (Å²) in [6.45, 7) is 7.82. The number of carbonyl (C=O) groups is 1. The number of aryl methyl sites for hydroxylation is 1. The number of halogens is 2. The Morgan fingerprint density at radius 3 is 2.40 bits per heavy atom. The largest absolute Gasteiger partial charge is 0.456 e. The summed E-state index contributed by atoms with van der Waals surface area (Å²) in [5, 5.41) is 13.5. The molecule has 0 aliphatic heterocycles. The van der Waals surface area contributed by atoms with Crippen molar-refractivity contribution in [2.45, 2.75) is 58.9 Å². The third kappa shape index (κ3) is 7.34. The molecule has 3 aromatic rings. The van der Waals surface area contributed by atoms with Gasteiger partial charge in [0.05, 0.1) is 28.9 Å². The lowest BCUT2D eigenvalue weighted by Crippen LogP contribution is -2.26. The molecule has 1 atom stereocenters. The Labute approximate surface area is 215 Å². The van der Waals surface area contributed by atoms with Crippen molar-refractivity contribution in [2.75, 3.05) is 5.32 Å². The maximum absolute atomic E-state index is 12.8. The van der Waals surface area contributed by atoms with E-state index in [0.29, 0.717) is 35.8 Å². The molecule has 0 spiro atoms. The van der Waals surface area contributed by atoms with Gasteiger partial charge < -0.3 is 19.7 Å². The second-order valence-electron chi connectivity index (χ2n) is 9.35. The minimum Gasteiger partial charge on any atom is -0.456 e. The molecule has 2 aromatic carbocycles. The van der Waals surface area contributed by atoms with Crippen LogP contribution in [0.15, 0.2) is 59.4 Å². The van der Waals surface area contributed by atoms with Gasteiger partial charge in [0.25, 0.3) is 5.56 Å². The van der Waals surface area contributed by atoms with Gasteiger partial charge >= 0.3 is 5.97 Å². The molecule has 8 heteroatoms. The number of carbonyl (C=O) groups excluding carboxylic acids is 1. The molecule has 0 aliphatic carbocycles. The molecule has 0 radical (unpaired) electrons. The van der Waals surface area contributed by atoms with Crippen LogP contribution in [0, 0.1) is 0 Å². The number of aliphatic hydroxyl groups excluding tert-OH is 1. The van der Waals surface area contributed by atoms with Gasteiger partial charge in [-0.2, -0.15) is 0 Å². The first-order chi connectivity index (χ1) is 16.4. The van der Waals surface area contributed by atoms with E-state index >= 15 is 0 Å². The number of aliphatic hydroxyl groups is 1. The third-order valence-corrected chi connectivity index (χ3v) is 5.94. The molecule has 35 heavy (non-hydrogen) atoms. The van der Waals surface area contributed by atoms with E-state index in [2.05, 4.69) is 5.32 Å². The standard InChI is InChI=1S/C27H30Cl2N2O4/c1-17(32)20-6-5-7-21(14-20)30-16-24-22(28)15-23(29)25(33)31(24)13-12-18-8-10-19(11-9-18)26(34)35-27(2,3)4/h5-11,14-15,17,30,32H,12-13,16H2,1-4H3. The van der Waals surface area contributed by atoms with Gasteiger partial charge in [-0.3, -0.25) is 4.79 Å². The average molecular weight is 517 g/mol. The molecule has 0 aliphatic rings. The van der Waals surface area contributed by atoms with Crippen molar-refractivity contribution in [3.63, 3.8) is 0 Å². The number of ether oxygens (including phenoxy) is 1. The fraction of sp³-hybridized carbons (Fsp3) is 0.333. The third-order valence-electron chi connectivity index (χ3n) is 5.35. The molecular formula is C27H30Cl2N2O4. The van der Waals surface area contributed by atoms with Gasteiger partial charge in [0.1, 0.15) is 10.6 Å². The minimum atomic E-state index is -0.587. The van der Waals surface area contributed by atoms with Crippen molar-refractivity contribution < 1.29 is 14.6 Å². The van der Waals surface area contributed by atoms with Gasteiger partial charge in [0.2, 0.25) is 0 Å². The molecule has 1 aromatic heterocycles. The number of esters is 1. The fourth-order valence-electron chi connectivity index (χ4n) is 3.53. The Hall–Kier alpha value is -2.80. The van der Waals surface area contributed by atoms with Crippen LogP contribution in [0.5, 0.6) is 0 Å². The smallest absolute Gasteiger partial charge is 0.338 e. The van der Waals surface area contributed by atoms with Crippen LogP contribution in [-0.4, -0.2) is 21.2 Å². The lowest BCUT2D eigenvalue weighted by Gasteiger charge is -2.19. The SMILES string of the molecule is CC(O)c1cccc(NCc2c(Cl)cc(Cl)c(=O)n2CCc2ccc(C(=O)OC(C)(C)C)cc2)c1. The van der Waals surface area contributed by atoms with Crippen molar-refractivity contribution >= 4 is 34.9 Å². The van der Waals surface area contributed by atoms with Crippen molar-refractivity contribution in [3.8, 4) is 0 Å². The molecule has 2 N–H and O–H groups in total. The van der Waals surface area contributed by atoms with Crippen LogP contribution < -0.4 is 10.9 Å². The van der Waals surface area contributed by atoms with Crippen molar-refractivity contribution in [1.82, 2.24) is 4.57 Å². The van der Waals surface area contributed by atoms with Gasteiger partial charge in [-0.25, -0.2) is 4.79 Å². The predicted molar refractivity (Wildman–Crippen MR) is 140 cm³/mol. The highest BCUT2D eigenvalue weighted by molar-refractivity contribution is 6.34. The Morgan fingerprint density at radius 2 is 1.77 bits per heavy atom. The first kappa shape index (κ1) is 26.8. The molecule has 0 amide bonds. The minimum absolute atomic E-state index is 0.0510. The maximum atomic E-state index is 12.8. The number of pyridine rings is 1. The number of anilines is 1. The molecule has 6 nitrogen and oxygen atoms in total. The van der Waals surface area contributed by atoms with Crippen LogP contribution in [0.4, 0.5) is 5.69 Å². The molecule has 0 saturated heterocycles. The van der Waals surface area contributed by atoms with E-state index in [1.807, 2.05) is 57.2 Å². The highest BCUT2D eigenvalue weighted by Crippen LogP contribution is 2.22. The van der Waals surface area contributed by atoms with E-state index in [4.69, 9.17) is 27.9 Å². The van der Waals surface area contributed by atoms with Crippen LogP contribution in [0.3, 0.4) is 0 Å². The van der Waals surface area contributed by atoms with Crippen LogP contribution in [0.25, 0.3) is 0 Å². The van der Waals surface area contributed by atoms with Crippen molar-refractivity contribution in [2.24, 2.45) is 0 Å². The number of nitrogens with zero attached hydrogens (tertiary/aromatic N) is 1. The molecule has 1 unspecified atom stereocenters. The molecular weight excluding hydrogens is 487 g/mol. The number of aromatic nitrogens is 1. The van der Waals surface area contributed by atoms with E-state index in [1.165, 1.54) is 6.07 Å². The van der Waals surface area contributed by atoms with Crippen LogP contribution in [-0.2, 0) is 24.2 Å². The Morgan fingerprint density at radius 1 is 1.09 bits per heavy atom. The maximum Gasteiger partial charge on any atom is 0.338 e. The summed E-state index contributed by atoms with van der Waals surface area (Å²) in [5.41, 5.74) is 2.71. The quantitative estimate of drug-likeness (QED) is 0.358. The summed E-state index contributed by atoms with van der Waals surface area (Å²) in [4.78, 5) is 25.1. The zero-order chi connectivity index (χ0) is 25.8. The molecule has 3 rings (SSSR count). The van der Waals surface area contributed by atoms with Crippen molar-refractivity contribution in [3.05, 3.63) is 97.4 Å². The molecule has 0 saturated carbocycles. The van der Waals surface area contributed by atoms with E-state index in [0.717, 1.165) is 16.8 Å². The number of benzene rings is 2. The Balaban J connectivity index is 1.76. The van der Waals surface area contributed by atoms with Gasteiger partial charge in [-0.15, -0.1) is 0 Å². The number of hydrogen-bond donors (Lipinski definition) is 2. The highest BCUT2D eigenvalue weighted by atomic mass is 35.5. The zero-order valence-corrected chi connectivity index (χ0v) is 21.8. The lowest BCUT2D eigenvalue weighted by atomic mass is 10.1. The van der Waals surface area contributed by atoms with Gasteiger partial charge in [0.15, 0.2) is 0 Å². The van der Waals surface area contributed by atoms with Crippen molar-refractivity contribution in [1.29, 1.82) is 0 Å². The normalized spacial score (nSPS) is 12.3. The molecule has 0 fully saturated rings. The predicted octanol–water partition coefficient (Wildman–Crippen LogP) is 6.02. The Bertz CT molecular complexity index is 1250. The fourth-order valence-corrected chi connectivity index (χ4v) is 4.08. The second-order valence-corrected chi connectivity index (χ2v) is 10.2. The van der Waals surface area contributed by atoms with Gasteiger partial charge in [0, 0.05) is 12.2 Å². The lowest BCUT2D eigenvalue weighted by molar-refractivity contribution is 0.00695. The van der Waals surface area contributed by atoms with E-state index < -0.39 is 11.7 Å². The molecule has 0 bridgehead atoms. The molecule has 186 valence electrons. The second kappa shape index (κ2) is 11.3. The first-order valence-electron chi connectivity index (χ1n) is 11.4. The first-order valence-corrected chi connectivity index (χ1v) is 12.1. The van der Waals surface area contributed by atoms with E-state index in [9.17, 15) is 14.7 Å². The number of hydrogen-bond acceptors (Lipinski definition) is 5. The average Bonchev–Trinajstić information content (AvgIpc) is 2.79. The van der Waals surface area contributed by atoms with E-state index in [1.54, 1.807) is 23.6 Å². The summed E-state index contributed by atoms with van der Waals surface area (Å²) in [7, 11) is 0. The topological polar surface area (TPSA) is 80.6 Å².